The lowest BCUT2D eigenvalue weighted by molar-refractivity contribution is -0.129. The molecule has 33 heavy (non-hydrogen) atoms. The molecule has 0 radical (unpaired) electrons. The molecule has 2 atom stereocenters. The minimum absolute atomic E-state index is 0.0906. The zero-order valence-corrected chi connectivity index (χ0v) is 19.9. The molecule has 0 saturated heterocycles. The predicted molar refractivity (Wildman–Crippen MR) is 129 cm³/mol. The monoisotopic (exact) mass is 453 g/mol. The van der Waals surface area contributed by atoms with E-state index in [0.29, 0.717) is 12.8 Å². The van der Waals surface area contributed by atoms with Crippen LogP contribution in [0.25, 0.3) is 0 Å². The van der Waals surface area contributed by atoms with Crippen molar-refractivity contribution in [3.05, 3.63) is 71.8 Å². The number of nitrogens with zero attached hydrogens (tertiary/aromatic N) is 1. The van der Waals surface area contributed by atoms with Crippen molar-refractivity contribution in [3.63, 3.8) is 0 Å². The summed E-state index contributed by atoms with van der Waals surface area (Å²) in [6.07, 6.45) is 0.136. The van der Waals surface area contributed by atoms with Crippen LogP contribution in [0.4, 0.5) is 4.79 Å². The topological polar surface area (TPSA) is 87.7 Å². The maximum Gasteiger partial charge on any atom is 0.408 e. The highest BCUT2D eigenvalue weighted by molar-refractivity contribution is 5.93. The minimum atomic E-state index is -0.807. The Morgan fingerprint density at radius 2 is 1.42 bits per heavy atom. The summed E-state index contributed by atoms with van der Waals surface area (Å²) in [5.41, 5.74) is 1.81. The number of hydrogen-bond acceptors (Lipinski definition) is 5. The minimum Gasteiger partial charge on any atom is -0.445 e. The fraction of sp³-hybridized carbons (Fsp3) is 0.423. The Morgan fingerprint density at radius 1 is 0.848 bits per heavy atom. The third kappa shape index (κ3) is 9.87. The van der Waals surface area contributed by atoms with Gasteiger partial charge in [-0.05, 0) is 44.0 Å². The van der Waals surface area contributed by atoms with Crippen molar-refractivity contribution in [2.45, 2.75) is 45.4 Å². The first-order valence-electron chi connectivity index (χ1n) is 11.2. The number of benzene rings is 2. The predicted octanol–water partition coefficient (Wildman–Crippen LogP) is 3.19. The van der Waals surface area contributed by atoms with Crippen molar-refractivity contribution in [1.29, 1.82) is 0 Å². The van der Waals surface area contributed by atoms with Crippen molar-refractivity contribution in [3.8, 4) is 0 Å². The van der Waals surface area contributed by atoms with E-state index in [1.165, 1.54) is 0 Å². The number of carbonyl (C=O) groups is 3. The molecule has 0 aliphatic carbocycles. The summed E-state index contributed by atoms with van der Waals surface area (Å²) in [5, 5.41) is 5.54. The summed E-state index contributed by atoms with van der Waals surface area (Å²) in [7, 11) is 3.62. The number of ether oxygens (including phenoxy) is 1. The van der Waals surface area contributed by atoms with Crippen LogP contribution < -0.4 is 10.6 Å². The van der Waals surface area contributed by atoms with Crippen molar-refractivity contribution < 1.29 is 19.1 Å². The molecule has 178 valence electrons. The molecule has 2 aromatic carbocycles. The molecule has 0 heterocycles. The Bertz CT molecular complexity index is 885. The average molecular weight is 454 g/mol. The number of carbonyl (C=O) groups excluding carboxylic acids is 3. The maximum atomic E-state index is 13.1. The van der Waals surface area contributed by atoms with E-state index in [1.54, 1.807) is 4.90 Å². The fourth-order valence-electron chi connectivity index (χ4n) is 3.40. The molecule has 2 unspecified atom stereocenters. The van der Waals surface area contributed by atoms with Gasteiger partial charge in [-0.1, -0.05) is 74.5 Å². The quantitative estimate of drug-likeness (QED) is 0.515. The summed E-state index contributed by atoms with van der Waals surface area (Å²) in [6, 6.07) is 17.4. The SMILES string of the molecule is CC(C)CC(NC(=O)OCc1ccccc1)C(=O)NC(Cc1ccccc1)C(=O)CN(C)C. The lowest BCUT2D eigenvalue weighted by atomic mass is 9.99. The summed E-state index contributed by atoms with van der Waals surface area (Å²) >= 11 is 0. The second-order valence-corrected chi connectivity index (χ2v) is 8.84. The van der Waals surface area contributed by atoms with Gasteiger partial charge in [0.1, 0.15) is 12.6 Å². The van der Waals surface area contributed by atoms with Gasteiger partial charge >= 0.3 is 6.09 Å². The second kappa shape index (κ2) is 13.4. The first kappa shape index (κ1) is 26.1. The van der Waals surface area contributed by atoms with Gasteiger partial charge in [-0.15, -0.1) is 0 Å². The second-order valence-electron chi connectivity index (χ2n) is 8.84. The molecule has 0 aliphatic rings. The number of hydrogen-bond donors (Lipinski definition) is 2. The molecule has 0 spiro atoms. The molecule has 7 heteroatoms. The first-order valence-corrected chi connectivity index (χ1v) is 11.2. The number of Topliss-reactive ketones (excluding diaryl/α,β-unsaturated/α-hetero) is 1. The number of likely N-dealkylation sites (N-methyl/N-ethyl adjacent to an activating group) is 1. The molecule has 0 saturated carbocycles. The molecular formula is C26H35N3O4. The highest BCUT2D eigenvalue weighted by atomic mass is 16.5. The molecule has 7 nitrogen and oxygen atoms in total. The number of rotatable bonds is 12. The van der Waals surface area contributed by atoms with Crippen molar-refractivity contribution in [2.24, 2.45) is 5.92 Å². The van der Waals surface area contributed by atoms with E-state index in [0.717, 1.165) is 11.1 Å². The van der Waals surface area contributed by atoms with Gasteiger partial charge < -0.3 is 20.3 Å². The zero-order chi connectivity index (χ0) is 24.2. The Balaban J connectivity index is 2.06. The van der Waals surface area contributed by atoms with Gasteiger partial charge in [0, 0.05) is 0 Å². The van der Waals surface area contributed by atoms with Crippen LogP contribution in [0, 0.1) is 5.92 Å². The molecule has 2 amide bonds. The van der Waals surface area contributed by atoms with Crippen molar-refractivity contribution in [1.82, 2.24) is 15.5 Å². The number of amides is 2. The fourth-order valence-corrected chi connectivity index (χ4v) is 3.40. The van der Waals surface area contributed by atoms with Crippen LogP contribution in [-0.4, -0.2) is 55.4 Å². The summed E-state index contributed by atoms with van der Waals surface area (Å²) < 4.78 is 5.29. The lowest BCUT2D eigenvalue weighted by Crippen LogP contribution is -2.53. The molecule has 0 fully saturated rings. The zero-order valence-electron chi connectivity index (χ0n) is 19.9. The van der Waals surface area contributed by atoms with Gasteiger partial charge in [-0.2, -0.15) is 0 Å². The smallest absolute Gasteiger partial charge is 0.408 e. The molecule has 0 aromatic heterocycles. The van der Waals surface area contributed by atoms with Crippen molar-refractivity contribution in [2.75, 3.05) is 20.6 Å². The van der Waals surface area contributed by atoms with Gasteiger partial charge in [-0.3, -0.25) is 9.59 Å². The van der Waals surface area contributed by atoms with E-state index in [9.17, 15) is 14.4 Å². The van der Waals surface area contributed by atoms with Crippen LogP contribution in [0.1, 0.15) is 31.4 Å². The number of alkyl carbamates (subject to hydrolysis) is 1. The highest BCUT2D eigenvalue weighted by Crippen LogP contribution is 2.09. The number of nitrogens with one attached hydrogen (secondary N) is 2. The summed E-state index contributed by atoms with van der Waals surface area (Å²) in [4.78, 5) is 40.1. The van der Waals surface area contributed by atoms with Crippen molar-refractivity contribution >= 4 is 17.8 Å². The first-order chi connectivity index (χ1) is 15.7. The average Bonchev–Trinajstić information content (AvgIpc) is 2.77. The van der Waals surface area contributed by atoms with Gasteiger partial charge in [0.05, 0.1) is 12.6 Å². The normalized spacial score (nSPS) is 12.8. The largest absolute Gasteiger partial charge is 0.445 e. The molecule has 2 rings (SSSR count). The summed E-state index contributed by atoms with van der Waals surface area (Å²) in [6.45, 7) is 4.26. The molecule has 0 bridgehead atoms. The van der Waals surface area contributed by atoms with Gasteiger partial charge in [0.25, 0.3) is 0 Å². The Hall–Kier alpha value is -3.19. The van der Waals surface area contributed by atoms with Gasteiger partial charge in [-0.25, -0.2) is 4.79 Å². The van der Waals surface area contributed by atoms with Crippen LogP contribution in [0.2, 0.25) is 0 Å². The Labute approximate surface area is 196 Å². The molecule has 2 aromatic rings. The lowest BCUT2D eigenvalue weighted by Gasteiger charge is -2.24. The number of ketones is 1. The van der Waals surface area contributed by atoms with E-state index in [4.69, 9.17) is 4.74 Å². The Kier molecular flexibility index (Phi) is 10.6. The molecule has 0 aliphatic heterocycles. The van der Waals surface area contributed by atoms with Crippen LogP contribution in [-0.2, 0) is 27.4 Å². The van der Waals surface area contributed by atoms with E-state index in [-0.39, 0.29) is 24.9 Å². The third-order valence-corrected chi connectivity index (χ3v) is 4.99. The maximum absolute atomic E-state index is 13.1. The van der Waals surface area contributed by atoms with Crippen LogP contribution in [0.15, 0.2) is 60.7 Å². The third-order valence-electron chi connectivity index (χ3n) is 4.99. The molecular weight excluding hydrogens is 418 g/mol. The van der Waals surface area contributed by atoms with E-state index in [2.05, 4.69) is 10.6 Å². The van der Waals surface area contributed by atoms with Gasteiger partial charge in [0.2, 0.25) is 5.91 Å². The van der Waals surface area contributed by atoms with E-state index in [1.807, 2.05) is 88.6 Å². The van der Waals surface area contributed by atoms with Crippen LogP contribution in [0.3, 0.4) is 0 Å². The standard InChI is InChI=1S/C26H35N3O4/c1-19(2)15-23(28-26(32)33-18-21-13-9-6-10-14-21)25(31)27-22(24(30)17-29(3)4)16-20-11-7-5-8-12-20/h5-14,19,22-23H,15-18H2,1-4H3,(H,27,31)(H,28,32). The highest BCUT2D eigenvalue weighted by Gasteiger charge is 2.28. The van der Waals surface area contributed by atoms with Gasteiger partial charge in [0.15, 0.2) is 5.78 Å². The van der Waals surface area contributed by atoms with E-state index >= 15 is 0 Å². The van der Waals surface area contributed by atoms with Crippen LogP contribution >= 0.6 is 0 Å². The van der Waals surface area contributed by atoms with Crippen LogP contribution in [0.5, 0.6) is 0 Å². The molecule has 2 N–H and O–H groups in total. The van der Waals surface area contributed by atoms with E-state index < -0.39 is 24.1 Å². The Morgan fingerprint density at radius 3 is 1.97 bits per heavy atom. The summed E-state index contributed by atoms with van der Waals surface area (Å²) in [5.74, 6) is -0.333.